The van der Waals surface area contributed by atoms with Gasteiger partial charge in [-0.1, -0.05) is 23.7 Å². The first-order valence-electron chi connectivity index (χ1n) is 9.74. The van der Waals surface area contributed by atoms with Crippen molar-refractivity contribution in [2.45, 2.75) is 26.3 Å². The summed E-state index contributed by atoms with van der Waals surface area (Å²) in [5, 5.41) is 0.756. The van der Waals surface area contributed by atoms with Crippen LogP contribution in [0, 0.1) is 5.92 Å². The van der Waals surface area contributed by atoms with Crippen LogP contribution in [-0.4, -0.2) is 72.6 Å². The van der Waals surface area contributed by atoms with Crippen molar-refractivity contribution in [3.05, 3.63) is 34.9 Å². The highest BCUT2D eigenvalue weighted by Crippen LogP contribution is 2.22. The number of hydrogen-bond acceptors (Lipinski definition) is 4. The van der Waals surface area contributed by atoms with Gasteiger partial charge in [-0.2, -0.15) is 0 Å². The van der Waals surface area contributed by atoms with Crippen molar-refractivity contribution in [1.82, 2.24) is 14.7 Å². The van der Waals surface area contributed by atoms with E-state index in [2.05, 4.69) is 17.0 Å². The van der Waals surface area contributed by atoms with Crippen molar-refractivity contribution in [3.63, 3.8) is 0 Å². The first-order chi connectivity index (χ1) is 13.1. The van der Waals surface area contributed by atoms with E-state index >= 15 is 0 Å². The maximum absolute atomic E-state index is 12.8. The van der Waals surface area contributed by atoms with Gasteiger partial charge in [-0.3, -0.25) is 9.69 Å². The number of likely N-dealkylation sites (tertiary alicyclic amines) is 1. The molecule has 0 saturated carbocycles. The van der Waals surface area contributed by atoms with E-state index in [0.29, 0.717) is 32.8 Å². The summed E-state index contributed by atoms with van der Waals surface area (Å²) >= 11 is 5.94. The van der Waals surface area contributed by atoms with Gasteiger partial charge in [0.2, 0.25) is 5.91 Å². The van der Waals surface area contributed by atoms with Crippen LogP contribution in [0.3, 0.4) is 0 Å². The second-order valence-corrected chi connectivity index (χ2v) is 7.62. The lowest BCUT2D eigenvalue weighted by Crippen LogP contribution is -2.53. The Kier molecular flexibility index (Phi) is 6.96. The molecule has 1 aromatic carbocycles. The second kappa shape index (κ2) is 9.42. The fourth-order valence-corrected chi connectivity index (χ4v) is 3.89. The summed E-state index contributed by atoms with van der Waals surface area (Å²) in [6.45, 7) is 7.26. The molecule has 6 nitrogen and oxygen atoms in total. The van der Waals surface area contributed by atoms with Crippen LogP contribution in [-0.2, 0) is 16.1 Å². The van der Waals surface area contributed by atoms with Crippen molar-refractivity contribution in [2.24, 2.45) is 5.92 Å². The molecular formula is C20H28ClN3O3. The summed E-state index contributed by atoms with van der Waals surface area (Å²) in [4.78, 5) is 30.6. The van der Waals surface area contributed by atoms with Crippen LogP contribution in [0.4, 0.5) is 4.79 Å². The number of carbonyl (C=O) groups is 2. The number of amides is 2. The Morgan fingerprint density at radius 2 is 1.59 bits per heavy atom. The lowest BCUT2D eigenvalue weighted by molar-refractivity contribution is -0.138. The zero-order valence-electron chi connectivity index (χ0n) is 15.9. The topological polar surface area (TPSA) is 53.1 Å². The van der Waals surface area contributed by atoms with Crippen LogP contribution in [0.2, 0.25) is 5.02 Å². The minimum atomic E-state index is -0.278. The first-order valence-corrected chi connectivity index (χ1v) is 10.1. The Morgan fingerprint density at radius 1 is 1.00 bits per heavy atom. The Morgan fingerprint density at radius 3 is 2.19 bits per heavy atom. The van der Waals surface area contributed by atoms with Crippen molar-refractivity contribution in [2.75, 3.05) is 45.9 Å². The van der Waals surface area contributed by atoms with Gasteiger partial charge in [0.1, 0.15) is 0 Å². The number of ether oxygens (including phenoxy) is 1. The Labute approximate surface area is 166 Å². The van der Waals surface area contributed by atoms with E-state index in [1.807, 2.05) is 17.0 Å². The Bertz CT molecular complexity index is 636. The number of carbonyl (C=O) groups excluding carboxylic acids is 2. The van der Waals surface area contributed by atoms with Crippen molar-refractivity contribution in [1.29, 1.82) is 0 Å². The molecule has 0 unspecified atom stereocenters. The van der Waals surface area contributed by atoms with Crippen LogP contribution in [0.25, 0.3) is 0 Å². The number of nitrogens with zero attached hydrogens (tertiary/aromatic N) is 3. The van der Waals surface area contributed by atoms with E-state index in [9.17, 15) is 9.59 Å². The van der Waals surface area contributed by atoms with Crippen LogP contribution in [0.15, 0.2) is 24.3 Å². The molecule has 7 heteroatoms. The Balaban J connectivity index is 1.42. The van der Waals surface area contributed by atoms with Crippen LogP contribution in [0.5, 0.6) is 0 Å². The van der Waals surface area contributed by atoms with E-state index in [1.54, 1.807) is 11.8 Å². The lowest BCUT2D eigenvalue weighted by Gasteiger charge is -2.38. The number of piperazine rings is 1. The van der Waals surface area contributed by atoms with Gasteiger partial charge in [0, 0.05) is 43.7 Å². The molecule has 0 atom stereocenters. The predicted octanol–water partition coefficient (Wildman–Crippen LogP) is 2.85. The Hall–Kier alpha value is -1.79. The zero-order chi connectivity index (χ0) is 19.2. The molecular weight excluding hydrogens is 366 g/mol. The van der Waals surface area contributed by atoms with Crippen molar-refractivity contribution < 1.29 is 14.3 Å². The van der Waals surface area contributed by atoms with Gasteiger partial charge < -0.3 is 14.5 Å². The van der Waals surface area contributed by atoms with Crippen molar-refractivity contribution >= 4 is 23.6 Å². The third-order valence-electron chi connectivity index (χ3n) is 5.37. The van der Waals surface area contributed by atoms with E-state index in [0.717, 1.165) is 37.5 Å². The van der Waals surface area contributed by atoms with Gasteiger partial charge in [0.15, 0.2) is 0 Å². The molecule has 148 valence electrons. The minimum absolute atomic E-state index is 0.0978. The average molecular weight is 394 g/mol. The summed E-state index contributed by atoms with van der Waals surface area (Å²) in [6.07, 6.45) is 1.51. The van der Waals surface area contributed by atoms with E-state index in [4.69, 9.17) is 16.3 Å². The van der Waals surface area contributed by atoms with Gasteiger partial charge in [-0.05, 0) is 50.6 Å². The standard InChI is InChI=1S/C20H28ClN3O3/c1-2-27-20(26)24-13-11-23(12-14-24)19(25)17-7-9-22(10-8-17)15-16-3-5-18(21)6-4-16/h3-6,17H,2,7-15H2,1H3. The van der Waals surface area contributed by atoms with Gasteiger partial charge in [0.05, 0.1) is 6.61 Å². The molecule has 3 rings (SSSR count). The van der Waals surface area contributed by atoms with E-state index in [-0.39, 0.29) is 17.9 Å². The summed E-state index contributed by atoms with van der Waals surface area (Å²) in [7, 11) is 0. The average Bonchev–Trinajstić information content (AvgIpc) is 2.70. The third-order valence-corrected chi connectivity index (χ3v) is 5.63. The van der Waals surface area contributed by atoms with Gasteiger partial charge in [0.25, 0.3) is 0 Å². The molecule has 27 heavy (non-hydrogen) atoms. The molecule has 0 bridgehead atoms. The molecule has 2 aliphatic rings. The summed E-state index contributed by atoms with van der Waals surface area (Å²) in [6, 6.07) is 7.96. The fraction of sp³-hybridized carbons (Fsp3) is 0.600. The minimum Gasteiger partial charge on any atom is -0.450 e. The molecule has 0 aromatic heterocycles. The monoisotopic (exact) mass is 393 g/mol. The predicted molar refractivity (Wildman–Crippen MR) is 105 cm³/mol. The van der Waals surface area contributed by atoms with E-state index < -0.39 is 0 Å². The number of piperidine rings is 1. The maximum atomic E-state index is 12.8. The largest absolute Gasteiger partial charge is 0.450 e. The highest BCUT2D eigenvalue weighted by Gasteiger charge is 2.31. The van der Waals surface area contributed by atoms with Gasteiger partial charge in [-0.25, -0.2) is 4.79 Å². The molecule has 0 N–H and O–H groups in total. The third kappa shape index (κ3) is 5.36. The number of rotatable bonds is 4. The molecule has 2 amide bonds. The summed E-state index contributed by atoms with van der Waals surface area (Å²) in [5.74, 6) is 0.338. The second-order valence-electron chi connectivity index (χ2n) is 7.19. The smallest absolute Gasteiger partial charge is 0.409 e. The summed E-state index contributed by atoms with van der Waals surface area (Å²) < 4.78 is 5.03. The molecule has 1 aromatic rings. The SMILES string of the molecule is CCOC(=O)N1CCN(C(=O)C2CCN(Cc3ccc(Cl)cc3)CC2)CC1. The van der Waals surface area contributed by atoms with Crippen LogP contribution < -0.4 is 0 Å². The maximum Gasteiger partial charge on any atom is 0.409 e. The molecule has 2 fully saturated rings. The van der Waals surface area contributed by atoms with Gasteiger partial charge in [-0.15, -0.1) is 0 Å². The highest BCUT2D eigenvalue weighted by atomic mass is 35.5. The van der Waals surface area contributed by atoms with Crippen LogP contribution >= 0.6 is 11.6 Å². The molecule has 0 radical (unpaired) electrons. The zero-order valence-corrected chi connectivity index (χ0v) is 16.7. The quantitative estimate of drug-likeness (QED) is 0.789. The highest BCUT2D eigenvalue weighted by molar-refractivity contribution is 6.30. The fourth-order valence-electron chi connectivity index (χ4n) is 3.77. The first kappa shape index (κ1) is 20.0. The van der Waals surface area contributed by atoms with Crippen LogP contribution in [0.1, 0.15) is 25.3 Å². The number of halogens is 1. The van der Waals surface area contributed by atoms with Gasteiger partial charge >= 0.3 is 6.09 Å². The molecule has 0 aliphatic carbocycles. The normalized spacial score (nSPS) is 19.2. The molecule has 2 aliphatic heterocycles. The molecule has 2 heterocycles. The number of hydrogen-bond donors (Lipinski definition) is 0. The molecule has 0 spiro atoms. The number of benzene rings is 1. The van der Waals surface area contributed by atoms with Crippen molar-refractivity contribution in [3.8, 4) is 0 Å². The summed E-state index contributed by atoms with van der Waals surface area (Å²) in [5.41, 5.74) is 1.25. The molecule has 2 saturated heterocycles. The van der Waals surface area contributed by atoms with E-state index in [1.165, 1.54) is 5.56 Å². The lowest BCUT2D eigenvalue weighted by atomic mass is 9.94.